The Bertz CT molecular complexity index is 365. The zero-order valence-corrected chi connectivity index (χ0v) is 12.1. The molecular formula is C10H20N3O4P. The molecule has 0 heterocycles. The van der Waals surface area contributed by atoms with Crippen molar-refractivity contribution in [2.24, 2.45) is 0 Å². The fraction of sp³-hybridized carbons (Fsp3) is 0.800. The van der Waals surface area contributed by atoms with E-state index in [1.54, 1.807) is 27.7 Å². The molecule has 0 atom stereocenters. The van der Waals surface area contributed by atoms with Gasteiger partial charge in [0.25, 0.3) is 0 Å². The molecule has 7 nitrogen and oxygen atoms in total. The minimum atomic E-state index is -3.86. The summed E-state index contributed by atoms with van der Waals surface area (Å²) in [5.41, 5.74) is 8.36. The number of hydrogen-bond donors (Lipinski definition) is 0. The van der Waals surface area contributed by atoms with Crippen molar-refractivity contribution in [2.45, 2.75) is 27.7 Å². The highest BCUT2D eigenvalue weighted by atomic mass is 31.2. The standard InChI is InChI=1S/C10H20N3O4P/c1-5-13(6-2)10(14)9(12-11)18(15,16-7-3)17-8-4/h5-8H2,1-4H3. The highest BCUT2D eigenvalue weighted by Crippen LogP contribution is 2.49. The Labute approximate surface area is 107 Å². The van der Waals surface area contributed by atoms with E-state index in [1.165, 1.54) is 4.90 Å². The number of rotatable bonds is 8. The quantitative estimate of drug-likeness (QED) is 0.292. The summed E-state index contributed by atoms with van der Waals surface area (Å²) in [5.74, 6) is -0.646. The molecule has 104 valence electrons. The molecule has 0 N–H and O–H groups in total. The lowest BCUT2D eigenvalue weighted by Crippen LogP contribution is -2.37. The summed E-state index contributed by atoms with van der Waals surface area (Å²) in [6, 6.07) is 0. The second-order valence-corrected chi connectivity index (χ2v) is 5.17. The lowest BCUT2D eigenvalue weighted by molar-refractivity contribution is -0.127. The van der Waals surface area contributed by atoms with Crippen molar-refractivity contribution in [1.82, 2.24) is 4.90 Å². The maximum absolute atomic E-state index is 12.3. The van der Waals surface area contributed by atoms with Gasteiger partial charge in [0, 0.05) is 13.1 Å². The van der Waals surface area contributed by atoms with Gasteiger partial charge in [-0.3, -0.25) is 4.79 Å². The largest absolute Gasteiger partial charge is 0.465 e. The van der Waals surface area contributed by atoms with E-state index < -0.39 is 19.0 Å². The first kappa shape index (κ1) is 17.0. The van der Waals surface area contributed by atoms with Crippen molar-refractivity contribution in [1.29, 1.82) is 0 Å². The maximum atomic E-state index is 12.3. The second-order valence-electron chi connectivity index (χ2n) is 3.23. The van der Waals surface area contributed by atoms with Crippen LogP contribution in [0.4, 0.5) is 0 Å². The van der Waals surface area contributed by atoms with E-state index in [4.69, 9.17) is 14.6 Å². The van der Waals surface area contributed by atoms with Crippen molar-refractivity contribution in [3.8, 4) is 0 Å². The van der Waals surface area contributed by atoms with Crippen LogP contribution in [-0.2, 0) is 18.4 Å². The predicted molar refractivity (Wildman–Crippen MR) is 67.4 cm³/mol. The van der Waals surface area contributed by atoms with Crippen LogP contribution in [0.25, 0.3) is 5.53 Å². The Morgan fingerprint density at radius 1 is 1.17 bits per heavy atom. The van der Waals surface area contributed by atoms with Gasteiger partial charge in [-0.05, 0) is 27.7 Å². The SMILES string of the molecule is CCOP(=O)(OCC)C(=[N+]=[N-])C(=O)N(CC)CC. The predicted octanol–water partition coefficient (Wildman–Crippen LogP) is 1.75. The Morgan fingerprint density at radius 2 is 1.61 bits per heavy atom. The highest BCUT2D eigenvalue weighted by molar-refractivity contribution is 7.74. The molecule has 0 saturated carbocycles. The molecule has 0 aliphatic heterocycles. The molecule has 0 unspecified atom stereocenters. The number of carbonyl (C=O) groups excluding carboxylic acids is 1. The molecule has 0 aromatic rings. The van der Waals surface area contributed by atoms with Crippen molar-refractivity contribution in [2.75, 3.05) is 26.3 Å². The molecular weight excluding hydrogens is 257 g/mol. The molecule has 0 aromatic carbocycles. The van der Waals surface area contributed by atoms with Crippen LogP contribution in [0.5, 0.6) is 0 Å². The lowest BCUT2D eigenvalue weighted by Gasteiger charge is -2.18. The average molecular weight is 277 g/mol. The summed E-state index contributed by atoms with van der Waals surface area (Å²) >= 11 is 0. The Balaban J connectivity index is 5.34. The minimum absolute atomic E-state index is 0.0851. The highest BCUT2D eigenvalue weighted by Gasteiger charge is 2.47. The van der Waals surface area contributed by atoms with Crippen molar-refractivity contribution >= 4 is 19.0 Å². The summed E-state index contributed by atoms with van der Waals surface area (Å²) in [4.78, 5) is 16.2. The molecule has 0 fully saturated rings. The Morgan fingerprint density at radius 3 is 1.89 bits per heavy atom. The van der Waals surface area contributed by atoms with Crippen molar-refractivity contribution in [3.05, 3.63) is 5.53 Å². The van der Waals surface area contributed by atoms with Crippen LogP contribution in [0.3, 0.4) is 0 Å². The van der Waals surface area contributed by atoms with Gasteiger partial charge in [-0.25, -0.2) is 4.57 Å². The molecule has 8 heteroatoms. The topological polar surface area (TPSA) is 92.2 Å². The molecule has 0 rings (SSSR count). The van der Waals surface area contributed by atoms with Crippen LogP contribution in [0.2, 0.25) is 0 Å². The minimum Gasteiger partial charge on any atom is -0.360 e. The molecule has 1 amide bonds. The third-order valence-electron chi connectivity index (χ3n) is 2.19. The van der Waals surface area contributed by atoms with Crippen LogP contribution >= 0.6 is 7.60 Å². The molecule has 18 heavy (non-hydrogen) atoms. The second kappa shape index (κ2) is 8.16. The van der Waals surface area contributed by atoms with Gasteiger partial charge < -0.3 is 19.5 Å². The van der Waals surface area contributed by atoms with E-state index in [0.717, 1.165) is 0 Å². The number of carbonyl (C=O) groups is 1. The summed E-state index contributed by atoms with van der Waals surface area (Å²) < 4.78 is 22.3. The Hall–Kier alpha value is -1.00. The van der Waals surface area contributed by atoms with Gasteiger partial charge in [0.1, 0.15) is 0 Å². The smallest absolute Gasteiger partial charge is 0.360 e. The van der Waals surface area contributed by atoms with Crippen LogP contribution in [0.1, 0.15) is 27.7 Å². The Kier molecular flexibility index (Phi) is 7.71. The van der Waals surface area contributed by atoms with E-state index in [2.05, 4.69) is 4.79 Å². The number of hydrogen-bond acceptors (Lipinski definition) is 4. The summed E-state index contributed by atoms with van der Waals surface area (Å²) in [6.07, 6.45) is 0. The zero-order valence-electron chi connectivity index (χ0n) is 11.3. The third-order valence-corrected chi connectivity index (χ3v) is 4.19. The van der Waals surface area contributed by atoms with Gasteiger partial charge in [0.15, 0.2) is 0 Å². The normalized spacial score (nSPS) is 10.9. The zero-order chi connectivity index (χ0) is 14.2. The molecule has 0 saturated heterocycles. The van der Waals surface area contributed by atoms with Crippen molar-refractivity contribution < 1.29 is 23.2 Å². The number of nitrogens with zero attached hydrogens (tertiary/aromatic N) is 3. The molecule has 0 radical (unpaired) electrons. The first-order valence-corrected chi connectivity index (χ1v) is 7.45. The van der Waals surface area contributed by atoms with Gasteiger partial charge >= 0.3 is 19.0 Å². The molecule has 0 spiro atoms. The lowest BCUT2D eigenvalue weighted by atomic mass is 10.5. The van der Waals surface area contributed by atoms with Crippen LogP contribution in [-0.4, -0.2) is 47.4 Å². The number of amides is 1. The molecule has 0 aliphatic rings. The molecule has 0 bridgehead atoms. The first-order chi connectivity index (χ1) is 8.50. The van der Waals surface area contributed by atoms with Gasteiger partial charge in [-0.1, -0.05) is 0 Å². The van der Waals surface area contributed by atoms with E-state index in [1.807, 2.05) is 0 Å². The average Bonchev–Trinajstić information content (AvgIpc) is 2.31. The van der Waals surface area contributed by atoms with Crippen LogP contribution in [0, 0.1) is 0 Å². The molecule has 0 aliphatic carbocycles. The maximum Gasteiger partial charge on any atom is 0.465 e. The monoisotopic (exact) mass is 277 g/mol. The fourth-order valence-corrected chi connectivity index (χ4v) is 2.85. The van der Waals surface area contributed by atoms with Crippen molar-refractivity contribution in [3.63, 3.8) is 0 Å². The summed E-state index contributed by atoms with van der Waals surface area (Å²) in [5, 5.41) is 0. The summed E-state index contributed by atoms with van der Waals surface area (Å²) in [7, 11) is -3.86. The van der Waals surface area contributed by atoms with Gasteiger partial charge in [0.05, 0.1) is 13.2 Å². The van der Waals surface area contributed by atoms with E-state index in [0.29, 0.717) is 13.1 Å². The van der Waals surface area contributed by atoms with Gasteiger partial charge in [-0.15, -0.1) is 0 Å². The van der Waals surface area contributed by atoms with Crippen LogP contribution < -0.4 is 0 Å². The van der Waals surface area contributed by atoms with E-state index >= 15 is 0 Å². The van der Waals surface area contributed by atoms with E-state index in [9.17, 15) is 9.36 Å². The fourth-order valence-electron chi connectivity index (χ4n) is 1.37. The first-order valence-electron chi connectivity index (χ1n) is 5.91. The van der Waals surface area contributed by atoms with Crippen LogP contribution in [0.15, 0.2) is 0 Å². The third kappa shape index (κ3) is 4.03. The summed E-state index contributed by atoms with van der Waals surface area (Å²) in [6.45, 7) is 7.75. The molecule has 0 aromatic heterocycles. The van der Waals surface area contributed by atoms with Gasteiger partial charge in [0.2, 0.25) is 0 Å². The van der Waals surface area contributed by atoms with Gasteiger partial charge in [-0.2, -0.15) is 4.79 Å². The van der Waals surface area contributed by atoms with E-state index in [-0.39, 0.29) is 13.2 Å².